The Hall–Kier alpha value is -2.43. The van der Waals surface area contributed by atoms with Gasteiger partial charge in [0.25, 0.3) is 5.91 Å². The van der Waals surface area contributed by atoms with Crippen molar-refractivity contribution in [2.24, 2.45) is 0 Å². The van der Waals surface area contributed by atoms with Gasteiger partial charge in [0, 0.05) is 6.20 Å². The molecule has 0 fully saturated rings. The minimum Gasteiger partial charge on any atom is -0.495 e. The molecule has 0 aliphatic carbocycles. The van der Waals surface area contributed by atoms with Gasteiger partial charge in [0.05, 0.1) is 12.8 Å². The highest BCUT2D eigenvalue weighted by atomic mass is 16.5. The van der Waals surface area contributed by atoms with Gasteiger partial charge in [-0.2, -0.15) is 5.10 Å². The van der Waals surface area contributed by atoms with Crippen molar-refractivity contribution >= 4 is 11.6 Å². The van der Waals surface area contributed by atoms with E-state index < -0.39 is 0 Å². The number of nitrogens with one attached hydrogen (secondary N) is 1. The molecule has 1 aromatic heterocycles. The van der Waals surface area contributed by atoms with E-state index in [0.717, 1.165) is 0 Å². The van der Waals surface area contributed by atoms with Crippen LogP contribution < -0.4 is 10.1 Å². The summed E-state index contributed by atoms with van der Waals surface area (Å²) >= 11 is 0. The molecule has 2 aromatic rings. The monoisotopic (exact) mass is 229 g/mol. The molecule has 5 nitrogen and oxygen atoms in total. The Bertz CT molecular complexity index is 514. The van der Waals surface area contributed by atoms with Gasteiger partial charge in [-0.15, -0.1) is 5.10 Å². The summed E-state index contributed by atoms with van der Waals surface area (Å²) in [6, 6.07) is 10.4. The molecule has 1 N–H and O–H groups in total. The maximum absolute atomic E-state index is 11.8. The van der Waals surface area contributed by atoms with E-state index in [-0.39, 0.29) is 11.6 Å². The van der Waals surface area contributed by atoms with Crippen LogP contribution in [0.5, 0.6) is 5.75 Å². The van der Waals surface area contributed by atoms with E-state index in [1.165, 1.54) is 6.20 Å². The Morgan fingerprint density at radius 2 is 2.06 bits per heavy atom. The van der Waals surface area contributed by atoms with Gasteiger partial charge in [-0.05, 0) is 24.3 Å². The number of carbonyl (C=O) groups excluding carboxylic acids is 1. The highest BCUT2D eigenvalue weighted by Crippen LogP contribution is 2.23. The van der Waals surface area contributed by atoms with Crippen molar-refractivity contribution in [2.75, 3.05) is 12.4 Å². The molecular formula is C12H11N3O2. The number of carbonyl (C=O) groups is 1. The number of anilines is 1. The first kappa shape index (κ1) is 11.1. The van der Waals surface area contributed by atoms with E-state index in [9.17, 15) is 4.79 Å². The van der Waals surface area contributed by atoms with E-state index in [2.05, 4.69) is 15.5 Å². The molecule has 0 unspecified atom stereocenters. The van der Waals surface area contributed by atoms with Gasteiger partial charge >= 0.3 is 0 Å². The van der Waals surface area contributed by atoms with E-state index in [1.54, 1.807) is 31.4 Å². The number of hydrogen-bond acceptors (Lipinski definition) is 4. The zero-order valence-electron chi connectivity index (χ0n) is 9.25. The van der Waals surface area contributed by atoms with Crippen LogP contribution in [0.4, 0.5) is 5.69 Å². The van der Waals surface area contributed by atoms with Crippen LogP contribution in [0.1, 0.15) is 10.5 Å². The molecule has 0 radical (unpaired) electrons. The van der Waals surface area contributed by atoms with Crippen LogP contribution in [0.2, 0.25) is 0 Å². The average Bonchev–Trinajstić information content (AvgIpc) is 2.40. The summed E-state index contributed by atoms with van der Waals surface area (Å²) in [4.78, 5) is 11.8. The first-order valence-electron chi connectivity index (χ1n) is 5.03. The first-order chi connectivity index (χ1) is 8.31. The lowest BCUT2D eigenvalue weighted by Crippen LogP contribution is -2.14. The topological polar surface area (TPSA) is 64.1 Å². The molecule has 0 aliphatic heterocycles. The van der Waals surface area contributed by atoms with Crippen molar-refractivity contribution in [3.05, 3.63) is 48.3 Å². The van der Waals surface area contributed by atoms with Crippen LogP contribution >= 0.6 is 0 Å². The second-order valence-electron chi connectivity index (χ2n) is 3.26. The standard InChI is InChI=1S/C12H11N3O2/c1-17-11-7-3-2-5-9(11)14-12(16)10-6-4-8-13-15-10/h2-8H,1H3,(H,14,16). The van der Waals surface area contributed by atoms with Gasteiger partial charge in [0.15, 0.2) is 5.69 Å². The van der Waals surface area contributed by atoms with Gasteiger partial charge in [0.1, 0.15) is 5.75 Å². The van der Waals surface area contributed by atoms with E-state index in [4.69, 9.17) is 4.74 Å². The van der Waals surface area contributed by atoms with Crippen molar-refractivity contribution in [1.82, 2.24) is 10.2 Å². The summed E-state index contributed by atoms with van der Waals surface area (Å²) in [6.45, 7) is 0. The Morgan fingerprint density at radius 3 is 2.76 bits per heavy atom. The van der Waals surface area contributed by atoms with Gasteiger partial charge in [0.2, 0.25) is 0 Å². The quantitative estimate of drug-likeness (QED) is 0.870. The molecule has 2 rings (SSSR count). The summed E-state index contributed by atoms with van der Waals surface area (Å²) in [5.41, 5.74) is 0.865. The van der Waals surface area contributed by atoms with Gasteiger partial charge in [-0.1, -0.05) is 12.1 Å². The molecule has 0 bridgehead atoms. The lowest BCUT2D eigenvalue weighted by atomic mass is 10.2. The predicted octanol–water partition coefficient (Wildman–Crippen LogP) is 1.74. The number of benzene rings is 1. The normalized spacial score (nSPS) is 9.71. The van der Waals surface area contributed by atoms with Crippen molar-refractivity contribution in [1.29, 1.82) is 0 Å². The van der Waals surface area contributed by atoms with Crippen LogP contribution in [0.3, 0.4) is 0 Å². The highest BCUT2D eigenvalue weighted by molar-refractivity contribution is 6.03. The summed E-state index contributed by atoms with van der Waals surface area (Å²) in [7, 11) is 1.55. The van der Waals surface area contributed by atoms with Crippen molar-refractivity contribution in [3.63, 3.8) is 0 Å². The maximum atomic E-state index is 11.8. The van der Waals surface area contributed by atoms with Crippen LogP contribution in [0.15, 0.2) is 42.6 Å². The van der Waals surface area contributed by atoms with Gasteiger partial charge < -0.3 is 10.1 Å². The predicted molar refractivity (Wildman–Crippen MR) is 63.0 cm³/mol. The van der Waals surface area contributed by atoms with Crippen molar-refractivity contribution < 1.29 is 9.53 Å². The second-order valence-corrected chi connectivity index (χ2v) is 3.26. The Morgan fingerprint density at radius 1 is 1.24 bits per heavy atom. The Kier molecular flexibility index (Phi) is 3.30. The smallest absolute Gasteiger partial charge is 0.276 e. The molecule has 86 valence electrons. The third-order valence-corrected chi connectivity index (χ3v) is 2.16. The molecule has 17 heavy (non-hydrogen) atoms. The molecule has 0 spiro atoms. The summed E-state index contributed by atoms with van der Waals surface area (Å²) in [5.74, 6) is 0.285. The number of aromatic nitrogens is 2. The lowest BCUT2D eigenvalue weighted by molar-refractivity contribution is 0.102. The molecule has 0 aliphatic rings. The number of nitrogens with zero attached hydrogens (tertiary/aromatic N) is 2. The zero-order valence-corrected chi connectivity index (χ0v) is 9.25. The molecule has 5 heteroatoms. The first-order valence-corrected chi connectivity index (χ1v) is 5.03. The molecular weight excluding hydrogens is 218 g/mol. The third kappa shape index (κ3) is 2.57. The van der Waals surface area contributed by atoms with Crippen molar-refractivity contribution in [2.45, 2.75) is 0 Å². The Labute approximate surface area is 98.5 Å². The van der Waals surface area contributed by atoms with Crippen LogP contribution in [-0.2, 0) is 0 Å². The van der Waals surface area contributed by atoms with Crippen LogP contribution in [0.25, 0.3) is 0 Å². The molecule has 1 heterocycles. The molecule has 1 aromatic carbocycles. The summed E-state index contributed by atoms with van der Waals surface area (Å²) < 4.78 is 5.13. The number of hydrogen-bond donors (Lipinski definition) is 1. The van der Waals surface area contributed by atoms with Crippen LogP contribution in [0, 0.1) is 0 Å². The van der Waals surface area contributed by atoms with E-state index >= 15 is 0 Å². The highest BCUT2D eigenvalue weighted by Gasteiger charge is 2.09. The summed E-state index contributed by atoms with van der Waals surface area (Å²) in [6.07, 6.45) is 1.51. The Balaban J connectivity index is 2.19. The third-order valence-electron chi connectivity index (χ3n) is 2.16. The molecule has 0 atom stereocenters. The minimum atomic E-state index is -0.317. The van der Waals surface area contributed by atoms with Crippen molar-refractivity contribution in [3.8, 4) is 5.75 Å². The number of para-hydroxylation sites is 2. The van der Waals surface area contributed by atoms with Gasteiger partial charge in [-0.3, -0.25) is 4.79 Å². The largest absolute Gasteiger partial charge is 0.495 e. The van der Waals surface area contributed by atoms with Gasteiger partial charge in [-0.25, -0.2) is 0 Å². The minimum absolute atomic E-state index is 0.262. The number of methoxy groups -OCH3 is 1. The van der Waals surface area contributed by atoms with E-state index in [0.29, 0.717) is 11.4 Å². The van der Waals surface area contributed by atoms with E-state index in [1.807, 2.05) is 12.1 Å². The fraction of sp³-hybridized carbons (Fsp3) is 0.0833. The number of amides is 1. The number of ether oxygens (including phenoxy) is 1. The fourth-order valence-electron chi connectivity index (χ4n) is 1.36. The second kappa shape index (κ2) is 5.07. The zero-order chi connectivity index (χ0) is 12.1. The molecule has 0 saturated heterocycles. The summed E-state index contributed by atoms with van der Waals surface area (Å²) in [5, 5.41) is 10.1. The lowest BCUT2D eigenvalue weighted by Gasteiger charge is -2.08. The molecule has 1 amide bonds. The molecule has 0 saturated carbocycles. The number of rotatable bonds is 3. The van der Waals surface area contributed by atoms with Crippen LogP contribution in [-0.4, -0.2) is 23.2 Å². The SMILES string of the molecule is COc1ccccc1NC(=O)c1cccnn1. The average molecular weight is 229 g/mol. The maximum Gasteiger partial charge on any atom is 0.276 e. The fourth-order valence-corrected chi connectivity index (χ4v) is 1.36.